The van der Waals surface area contributed by atoms with E-state index in [0.717, 1.165) is 17.9 Å². The maximum Gasteiger partial charge on any atom is 0.225 e. The highest BCUT2D eigenvalue weighted by Gasteiger charge is 2.09. The molecule has 19 heavy (non-hydrogen) atoms. The van der Waals surface area contributed by atoms with E-state index in [9.17, 15) is 4.79 Å². The van der Waals surface area contributed by atoms with Gasteiger partial charge in [-0.3, -0.25) is 4.79 Å². The highest BCUT2D eigenvalue weighted by Crippen LogP contribution is 2.26. The molecule has 1 aromatic rings. The van der Waals surface area contributed by atoms with E-state index in [2.05, 4.69) is 5.32 Å². The Morgan fingerprint density at radius 3 is 2.79 bits per heavy atom. The number of amides is 1. The molecule has 0 fully saturated rings. The van der Waals surface area contributed by atoms with E-state index in [0.29, 0.717) is 24.6 Å². The van der Waals surface area contributed by atoms with Crippen LogP contribution in [0.4, 0.5) is 0 Å². The first kappa shape index (κ1) is 15.8. The molecule has 0 saturated heterocycles. The molecule has 0 saturated carbocycles. The first-order chi connectivity index (χ1) is 9.06. The SMILES string of the molecule is CCNCc1c(Cl)cccc1OCCC(=O)N(C)C. The van der Waals surface area contributed by atoms with Crippen LogP contribution >= 0.6 is 11.6 Å². The van der Waals surface area contributed by atoms with Gasteiger partial charge in [-0.1, -0.05) is 24.6 Å². The molecule has 1 amide bonds. The fourth-order valence-corrected chi connectivity index (χ4v) is 1.80. The third kappa shape index (κ3) is 5.09. The van der Waals surface area contributed by atoms with Crippen molar-refractivity contribution in [2.45, 2.75) is 19.9 Å². The van der Waals surface area contributed by atoms with E-state index in [4.69, 9.17) is 16.3 Å². The van der Waals surface area contributed by atoms with Crippen LogP contribution in [0.15, 0.2) is 18.2 Å². The number of nitrogens with zero attached hydrogens (tertiary/aromatic N) is 1. The fourth-order valence-electron chi connectivity index (χ4n) is 1.57. The lowest BCUT2D eigenvalue weighted by atomic mass is 10.2. The third-order valence-electron chi connectivity index (χ3n) is 2.70. The highest BCUT2D eigenvalue weighted by atomic mass is 35.5. The predicted octanol–water partition coefficient (Wildman–Crippen LogP) is 2.31. The van der Waals surface area contributed by atoms with Gasteiger partial charge in [0.05, 0.1) is 13.0 Å². The summed E-state index contributed by atoms with van der Waals surface area (Å²) < 4.78 is 5.66. The van der Waals surface area contributed by atoms with Crippen molar-refractivity contribution >= 4 is 17.5 Å². The van der Waals surface area contributed by atoms with Crippen LogP contribution in [-0.2, 0) is 11.3 Å². The van der Waals surface area contributed by atoms with Crippen molar-refractivity contribution in [2.75, 3.05) is 27.2 Å². The number of nitrogens with one attached hydrogen (secondary N) is 1. The van der Waals surface area contributed by atoms with Crippen molar-refractivity contribution in [3.8, 4) is 5.75 Å². The van der Waals surface area contributed by atoms with Gasteiger partial charge in [0.2, 0.25) is 5.91 Å². The lowest BCUT2D eigenvalue weighted by Gasteiger charge is -2.14. The number of rotatable bonds is 7. The molecular formula is C14H21ClN2O2. The summed E-state index contributed by atoms with van der Waals surface area (Å²) >= 11 is 6.16. The predicted molar refractivity (Wildman–Crippen MR) is 77.6 cm³/mol. The second-order valence-corrected chi connectivity index (χ2v) is 4.79. The standard InChI is InChI=1S/C14H21ClN2O2/c1-4-16-10-11-12(15)6-5-7-13(11)19-9-8-14(18)17(2)3/h5-7,16H,4,8-10H2,1-3H3. The van der Waals surface area contributed by atoms with E-state index < -0.39 is 0 Å². The molecule has 1 N–H and O–H groups in total. The first-order valence-corrected chi connectivity index (χ1v) is 6.75. The van der Waals surface area contributed by atoms with Crippen LogP contribution in [-0.4, -0.2) is 38.1 Å². The maximum absolute atomic E-state index is 11.5. The summed E-state index contributed by atoms with van der Waals surface area (Å²) in [6, 6.07) is 5.56. The van der Waals surface area contributed by atoms with Gasteiger partial charge in [0, 0.05) is 31.2 Å². The molecule has 0 heterocycles. The monoisotopic (exact) mass is 284 g/mol. The molecule has 0 bridgehead atoms. The molecule has 4 nitrogen and oxygen atoms in total. The van der Waals surface area contributed by atoms with E-state index >= 15 is 0 Å². The summed E-state index contributed by atoms with van der Waals surface area (Å²) in [5.74, 6) is 0.787. The number of halogens is 1. The number of hydrogen-bond acceptors (Lipinski definition) is 3. The van der Waals surface area contributed by atoms with Crippen LogP contribution in [0.25, 0.3) is 0 Å². The molecule has 0 atom stereocenters. The van der Waals surface area contributed by atoms with Crippen LogP contribution in [0.5, 0.6) is 5.75 Å². The lowest BCUT2D eigenvalue weighted by molar-refractivity contribution is -0.129. The molecule has 106 valence electrons. The summed E-state index contributed by atoms with van der Waals surface area (Å²) in [7, 11) is 3.47. The Kier molecular flexibility index (Phi) is 6.67. The highest BCUT2D eigenvalue weighted by molar-refractivity contribution is 6.31. The van der Waals surface area contributed by atoms with Gasteiger partial charge in [0.1, 0.15) is 5.75 Å². The molecule has 1 aromatic carbocycles. The van der Waals surface area contributed by atoms with Gasteiger partial charge in [-0.2, -0.15) is 0 Å². The molecular weight excluding hydrogens is 264 g/mol. The summed E-state index contributed by atoms with van der Waals surface area (Å²) in [4.78, 5) is 13.0. The van der Waals surface area contributed by atoms with Crippen LogP contribution in [0.2, 0.25) is 5.02 Å². The van der Waals surface area contributed by atoms with E-state index in [1.54, 1.807) is 19.0 Å². The second-order valence-electron chi connectivity index (χ2n) is 4.38. The smallest absolute Gasteiger partial charge is 0.225 e. The van der Waals surface area contributed by atoms with Crippen molar-refractivity contribution in [1.29, 1.82) is 0 Å². The fraction of sp³-hybridized carbons (Fsp3) is 0.500. The van der Waals surface area contributed by atoms with E-state index in [1.165, 1.54) is 0 Å². The van der Waals surface area contributed by atoms with Crippen molar-refractivity contribution in [3.63, 3.8) is 0 Å². The zero-order valence-corrected chi connectivity index (χ0v) is 12.5. The van der Waals surface area contributed by atoms with Gasteiger partial charge in [0.15, 0.2) is 0 Å². The molecule has 0 aliphatic heterocycles. The van der Waals surface area contributed by atoms with Gasteiger partial charge >= 0.3 is 0 Å². The largest absolute Gasteiger partial charge is 0.493 e. The van der Waals surface area contributed by atoms with Gasteiger partial charge in [-0.15, -0.1) is 0 Å². The van der Waals surface area contributed by atoms with Gasteiger partial charge < -0.3 is 15.0 Å². The average molecular weight is 285 g/mol. The topological polar surface area (TPSA) is 41.6 Å². The van der Waals surface area contributed by atoms with Crippen molar-refractivity contribution in [2.24, 2.45) is 0 Å². The normalized spacial score (nSPS) is 10.3. The zero-order valence-electron chi connectivity index (χ0n) is 11.7. The van der Waals surface area contributed by atoms with Crippen LogP contribution < -0.4 is 10.1 Å². The van der Waals surface area contributed by atoms with E-state index in [1.807, 2.05) is 25.1 Å². The van der Waals surface area contributed by atoms with Crippen molar-refractivity contribution < 1.29 is 9.53 Å². The number of carbonyl (C=O) groups is 1. The van der Waals surface area contributed by atoms with E-state index in [-0.39, 0.29) is 5.91 Å². The molecule has 0 aliphatic rings. The minimum atomic E-state index is 0.0512. The van der Waals surface area contributed by atoms with Crippen LogP contribution in [0, 0.1) is 0 Å². The summed E-state index contributed by atoms with van der Waals surface area (Å²) in [6.07, 6.45) is 0.361. The van der Waals surface area contributed by atoms with Gasteiger partial charge in [-0.05, 0) is 18.7 Å². The van der Waals surface area contributed by atoms with Crippen molar-refractivity contribution in [1.82, 2.24) is 10.2 Å². The average Bonchev–Trinajstić information content (AvgIpc) is 2.37. The number of benzene rings is 1. The Balaban J connectivity index is 2.62. The molecule has 0 radical (unpaired) electrons. The Hall–Kier alpha value is -1.26. The van der Waals surface area contributed by atoms with Crippen LogP contribution in [0.3, 0.4) is 0 Å². The first-order valence-electron chi connectivity index (χ1n) is 6.37. The number of hydrogen-bond donors (Lipinski definition) is 1. The maximum atomic E-state index is 11.5. The van der Waals surface area contributed by atoms with Gasteiger partial charge in [-0.25, -0.2) is 0 Å². The second kappa shape index (κ2) is 8.02. The third-order valence-corrected chi connectivity index (χ3v) is 3.05. The molecule has 5 heteroatoms. The zero-order chi connectivity index (χ0) is 14.3. The van der Waals surface area contributed by atoms with Crippen LogP contribution in [0.1, 0.15) is 18.9 Å². The minimum absolute atomic E-state index is 0.0512. The quantitative estimate of drug-likeness (QED) is 0.835. The Morgan fingerprint density at radius 1 is 1.42 bits per heavy atom. The lowest BCUT2D eigenvalue weighted by Crippen LogP contribution is -2.23. The van der Waals surface area contributed by atoms with Crippen molar-refractivity contribution in [3.05, 3.63) is 28.8 Å². The Bertz CT molecular complexity index is 422. The summed E-state index contributed by atoms with van der Waals surface area (Å²) in [5.41, 5.74) is 0.934. The number of carbonyl (C=O) groups excluding carboxylic acids is 1. The Labute approximate surface area is 119 Å². The summed E-state index contributed by atoms with van der Waals surface area (Å²) in [5, 5.41) is 3.90. The minimum Gasteiger partial charge on any atom is -0.493 e. The Morgan fingerprint density at radius 2 is 2.16 bits per heavy atom. The number of ether oxygens (including phenoxy) is 1. The summed E-state index contributed by atoms with van der Waals surface area (Å²) in [6.45, 7) is 3.92. The molecule has 0 aromatic heterocycles. The molecule has 0 aliphatic carbocycles. The molecule has 0 spiro atoms. The molecule has 1 rings (SSSR count). The van der Waals surface area contributed by atoms with Gasteiger partial charge in [0.25, 0.3) is 0 Å². The molecule has 0 unspecified atom stereocenters.